The highest BCUT2D eigenvalue weighted by Crippen LogP contribution is 2.40. The van der Waals surface area contributed by atoms with Crippen LogP contribution in [-0.4, -0.2) is 24.3 Å². The number of fused-ring (bicyclic) bond motifs is 1. The van der Waals surface area contributed by atoms with Crippen molar-refractivity contribution in [2.24, 2.45) is 11.5 Å². The van der Waals surface area contributed by atoms with Gasteiger partial charge >= 0.3 is 0 Å². The zero-order chi connectivity index (χ0) is 14.9. The molecule has 1 aliphatic carbocycles. The molecular formula is C13H17N3O3S. The summed E-state index contributed by atoms with van der Waals surface area (Å²) in [5, 5.41) is 0.326. The van der Waals surface area contributed by atoms with Crippen LogP contribution in [0.1, 0.15) is 40.6 Å². The Kier molecular flexibility index (Phi) is 4.20. The van der Waals surface area contributed by atoms with Crippen molar-refractivity contribution in [2.45, 2.75) is 32.6 Å². The highest BCUT2D eigenvalue weighted by molar-refractivity contribution is 7.17. The average molecular weight is 295 g/mol. The molecule has 7 heteroatoms. The quantitative estimate of drug-likeness (QED) is 0.849. The number of carbonyl (C=O) groups is 3. The second-order valence-electron chi connectivity index (χ2n) is 4.71. The summed E-state index contributed by atoms with van der Waals surface area (Å²) in [5.74, 6) is -1.59. The number of carbonyl (C=O) groups excluding carboxylic acids is 3. The van der Waals surface area contributed by atoms with Gasteiger partial charge in [-0.25, -0.2) is 4.90 Å². The van der Waals surface area contributed by atoms with Crippen LogP contribution in [0.25, 0.3) is 0 Å². The fourth-order valence-electron chi connectivity index (χ4n) is 2.49. The first-order chi connectivity index (χ1) is 9.47. The van der Waals surface area contributed by atoms with E-state index in [9.17, 15) is 14.4 Å². The minimum atomic E-state index is -0.601. The van der Waals surface area contributed by atoms with E-state index in [0.717, 1.165) is 41.0 Å². The molecule has 0 radical (unpaired) electrons. The van der Waals surface area contributed by atoms with Crippen molar-refractivity contribution in [3.8, 4) is 0 Å². The van der Waals surface area contributed by atoms with Gasteiger partial charge in [0.25, 0.3) is 5.91 Å². The van der Waals surface area contributed by atoms with E-state index in [1.165, 1.54) is 18.3 Å². The number of hydrogen-bond donors (Lipinski definition) is 2. The van der Waals surface area contributed by atoms with Crippen LogP contribution in [0.2, 0.25) is 0 Å². The number of nitrogens with zero attached hydrogens (tertiary/aromatic N) is 1. The van der Waals surface area contributed by atoms with E-state index < -0.39 is 17.7 Å². The van der Waals surface area contributed by atoms with E-state index in [1.54, 1.807) is 0 Å². The lowest BCUT2D eigenvalue weighted by molar-refractivity contribution is -0.124. The van der Waals surface area contributed by atoms with E-state index >= 15 is 0 Å². The van der Waals surface area contributed by atoms with E-state index in [4.69, 9.17) is 11.5 Å². The number of imide groups is 1. The molecule has 0 saturated carbocycles. The van der Waals surface area contributed by atoms with Gasteiger partial charge in [-0.15, -0.1) is 11.3 Å². The lowest BCUT2D eigenvalue weighted by Crippen LogP contribution is -2.40. The summed E-state index contributed by atoms with van der Waals surface area (Å²) in [7, 11) is 0. The first-order valence-electron chi connectivity index (χ1n) is 6.45. The van der Waals surface area contributed by atoms with Gasteiger partial charge < -0.3 is 11.5 Å². The van der Waals surface area contributed by atoms with Crippen molar-refractivity contribution in [2.75, 3.05) is 11.4 Å². The summed E-state index contributed by atoms with van der Waals surface area (Å²) >= 11 is 1.30. The molecule has 0 unspecified atom stereocenters. The zero-order valence-corrected chi connectivity index (χ0v) is 12.1. The molecule has 2 rings (SSSR count). The van der Waals surface area contributed by atoms with Gasteiger partial charge in [-0.05, 0) is 31.2 Å². The molecule has 3 amide bonds. The Morgan fingerprint density at radius 3 is 2.45 bits per heavy atom. The standard InChI is InChI=1S/C13H17N3O3S/c1-7(17)16(10(18)6-14)13-11(12(15)19)8-4-2-3-5-9(8)20-13/h2-6,14H2,1H3,(H2,15,19). The van der Waals surface area contributed by atoms with Gasteiger partial charge in [0.2, 0.25) is 11.8 Å². The fraction of sp³-hybridized carbons (Fsp3) is 0.462. The maximum absolute atomic E-state index is 11.9. The van der Waals surface area contributed by atoms with Gasteiger partial charge in [0.05, 0.1) is 12.1 Å². The molecular weight excluding hydrogens is 278 g/mol. The molecule has 1 heterocycles. The number of aryl methyl sites for hydroxylation is 1. The topological polar surface area (TPSA) is 106 Å². The molecule has 0 fully saturated rings. The Morgan fingerprint density at radius 1 is 1.25 bits per heavy atom. The number of rotatable bonds is 3. The Labute approximate surface area is 120 Å². The van der Waals surface area contributed by atoms with Crippen LogP contribution in [0.4, 0.5) is 5.00 Å². The maximum atomic E-state index is 11.9. The van der Waals surface area contributed by atoms with Crippen molar-refractivity contribution in [3.05, 3.63) is 16.0 Å². The average Bonchev–Trinajstić information content (AvgIpc) is 2.76. The van der Waals surface area contributed by atoms with Crippen LogP contribution in [0.15, 0.2) is 0 Å². The normalized spacial score (nSPS) is 13.7. The van der Waals surface area contributed by atoms with Gasteiger partial charge in [-0.1, -0.05) is 0 Å². The van der Waals surface area contributed by atoms with Gasteiger partial charge in [0, 0.05) is 11.8 Å². The molecule has 0 aromatic carbocycles. The molecule has 108 valence electrons. The molecule has 0 bridgehead atoms. The number of nitrogens with two attached hydrogens (primary N) is 2. The van der Waals surface area contributed by atoms with Gasteiger partial charge in [0.15, 0.2) is 0 Å². The molecule has 1 aromatic heterocycles. The van der Waals surface area contributed by atoms with Crippen LogP contribution in [0.5, 0.6) is 0 Å². The number of primary amides is 1. The summed E-state index contributed by atoms with van der Waals surface area (Å²) in [5.41, 5.74) is 12.0. The number of anilines is 1. The predicted molar refractivity (Wildman–Crippen MR) is 76.7 cm³/mol. The van der Waals surface area contributed by atoms with E-state index in [0.29, 0.717) is 10.6 Å². The van der Waals surface area contributed by atoms with E-state index in [1.807, 2.05) is 0 Å². The van der Waals surface area contributed by atoms with Crippen LogP contribution >= 0.6 is 11.3 Å². The third kappa shape index (κ3) is 2.46. The fourth-order valence-corrected chi connectivity index (χ4v) is 3.94. The maximum Gasteiger partial charge on any atom is 0.252 e. The number of thiophene rings is 1. The molecule has 1 aromatic rings. The van der Waals surface area contributed by atoms with Gasteiger partial charge in [0.1, 0.15) is 5.00 Å². The highest BCUT2D eigenvalue weighted by atomic mass is 32.1. The zero-order valence-electron chi connectivity index (χ0n) is 11.3. The summed E-state index contributed by atoms with van der Waals surface area (Å²) in [6.07, 6.45) is 3.62. The number of amides is 3. The predicted octanol–water partition coefficient (Wildman–Crippen LogP) is 0.564. The molecule has 4 N–H and O–H groups in total. The van der Waals surface area contributed by atoms with Crippen molar-refractivity contribution >= 4 is 34.1 Å². The summed E-state index contributed by atoms with van der Waals surface area (Å²) in [6, 6.07) is 0. The molecule has 20 heavy (non-hydrogen) atoms. The minimum Gasteiger partial charge on any atom is -0.365 e. The molecule has 6 nitrogen and oxygen atoms in total. The smallest absolute Gasteiger partial charge is 0.252 e. The molecule has 0 aliphatic heterocycles. The Balaban J connectivity index is 2.60. The number of hydrogen-bond acceptors (Lipinski definition) is 5. The third-order valence-corrected chi connectivity index (χ3v) is 4.62. The van der Waals surface area contributed by atoms with Gasteiger partial charge in [-0.2, -0.15) is 0 Å². The lowest BCUT2D eigenvalue weighted by Gasteiger charge is -2.18. The lowest BCUT2D eigenvalue weighted by atomic mass is 9.95. The Bertz CT molecular complexity index is 580. The first-order valence-corrected chi connectivity index (χ1v) is 7.27. The minimum absolute atomic E-state index is 0.291. The largest absolute Gasteiger partial charge is 0.365 e. The third-order valence-electron chi connectivity index (χ3n) is 3.34. The SMILES string of the molecule is CC(=O)N(C(=O)CN)c1sc2c(c1C(N)=O)CCCC2. The molecule has 1 aliphatic rings. The van der Waals surface area contributed by atoms with Crippen LogP contribution in [-0.2, 0) is 22.4 Å². The monoisotopic (exact) mass is 295 g/mol. The first kappa shape index (κ1) is 14.7. The second kappa shape index (κ2) is 5.72. The van der Waals surface area contributed by atoms with Crippen molar-refractivity contribution in [1.82, 2.24) is 0 Å². The Hall–Kier alpha value is -1.73. The van der Waals surface area contributed by atoms with Crippen molar-refractivity contribution in [3.63, 3.8) is 0 Å². The van der Waals surface area contributed by atoms with Crippen molar-refractivity contribution in [1.29, 1.82) is 0 Å². The van der Waals surface area contributed by atoms with Crippen molar-refractivity contribution < 1.29 is 14.4 Å². The summed E-state index contributed by atoms with van der Waals surface area (Å²) in [4.78, 5) is 37.4. The molecule has 0 spiro atoms. The second-order valence-corrected chi connectivity index (χ2v) is 5.79. The van der Waals surface area contributed by atoms with Crippen LogP contribution in [0, 0.1) is 0 Å². The van der Waals surface area contributed by atoms with E-state index in [-0.39, 0.29) is 6.54 Å². The summed E-state index contributed by atoms with van der Waals surface area (Å²) < 4.78 is 0. The van der Waals surface area contributed by atoms with Gasteiger partial charge in [-0.3, -0.25) is 14.4 Å². The Morgan fingerprint density at radius 2 is 1.90 bits per heavy atom. The van der Waals surface area contributed by atoms with E-state index in [2.05, 4.69) is 0 Å². The highest BCUT2D eigenvalue weighted by Gasteiger charge is 2.31. The van der Waals surface area contributed by atoms with Crippen LogP contribution in [0.3, 0.4) is 0 Å². The molecule has 0 saturated heterocycles. The molecule has 0 atom stereocenters. The van der Waals surface area contributed by atoms with Crippen LogP contribution < -0.4 is 16.4 Å². The summed E-state index contributed by atoms with van der Waals surface area (Å²) in [6.45, 7) is 0.984.